The minimum atomic E-state index is -2.98. The van der Waals surface area contributed by atoms with E-state index in [1.165, 1.54) is 0 Å². The lowest BCUT2D eigenvalue weighted by Gasteiger charge is -2.47. The first-order valence-corrected chi connectivity index (χ1v) is 7.34. The molecular formula is C12H22O13. The Morgan fingerprint density at radius 2 is 1.52 bits per heavy atom. The lowest BCUT2D eigenvalue weighted by atomic mass is 9.94. The van der Waals surface area contributed by atoms with Crippen molar-refractivity contribution in [2.75, 3.05) is 13.2 Å². The summed E-state index contributed by atoms with van der Waals surface area (Å²) < 4.78 is 15.1. The molecule has 0 radical (unpaired) electrons. The number of hydrogen-bond acceptors (Lipinski definition) is 13. The van der Waals surface area contributed by atoms with Crippen LogP contribution < -0.4 is 0 Å². The molecule has 25 heavy (non-hydrogen) atoms. The van der Waals surface area contributed by atoms with Crippen molar-refractivity contribution in [3.05, 3.63) is 0 Å². The number of hydrogen-bond donors (Lipinski definition) is 9. The monoisotopic (exact) mass is 374 g/mol. The van der Waals surface area contributed by atoms with Gasteiger partial charge in [0.2, 0.25) is 5.79 Å². The molecule has 0 aromatic carbocycles. The maximum Gasteiger partial charge on any atom is 0.225 e. The van der Waals surface area contributed by atoms with Gasteiger partial charge in [-0.3, -0.25) is 5.26 Å². The molecule has 0 amide bonds. The Bertz CT molecular complexity index is 431. The standard InChI is InChI=1S/C12H22O13/c13-1-3-8(5(15)6(16)10(18)22-3)24-11-7(17)9(25-21)12(19,20)4(2-14)23-11/h3-11,13-21H,1-2H2/t3-,4-,5-,6-,7-,8-,9-,10-,11+/m1/s1. The number of ether oxygens (including phenoxy) is 3. The number of aliphatic hydroxyl groups is 8. The molecule has 0 bridgehead atoms. The molecule has 2 aliphatic heterocycles. The Labute approximate surface area is 140 Å². The van der Waals surface area contributed by atoms with Crippen LogP contribution >= 0.6 is 0 Å². The quantitative estimate of drug-likeness (QED) is 0.125. The van der Waals surface area contributed by atoms with Crippen LogP contribution in [0.2, 0.25) is 0 Å². The highest BCUT2D eigenvalue weighted by Gasteiger charge is 2.58. The van der Waals surface area contributed by atoms with Gasteiger partial charge in [-0.1, -0.05) is 0 Å². The van der Waals surface area contributed by atoms with Gasteiger partial charge in [0.25, 0.3) is 0 Å². The largest absolute Gasteiger partial charge is 0.394 e. The van der Waals surface area contributed by atoms with Crippen molar-refractivity contribution in [3.8, 4) is 0 Å². The van der Waals surface area contributed by atoms with E-state index in [1.807, 2.05) is 0 Å². The second-order valence-electron chi connectivity index (χ2n) is 5.80. The van der Waals surface area contributed by atoms with E-state index in [0.29, 0.717) is 0 Å². The van der Waals surface area contributed by atoms with E-state index in [1.54, 1.807) is 0 Å². The summed E-state index contributed by atoms with van der Waals surface area (Å²) in [4.78, 5) is 3.83. The summed E-state index contributed by atoms with van der Waals surface area (Å²) in [5.74, 6) is -2.98. The third kappa shape index (κ3) is 3.79. The topological polar surface area (TPSA) is 219 Å². The molecule has 2 aliphatic rings. The first-order valence-electron chi connectivity index (χ1n) is 7.34. The number of aliphatic hydroxyl groups excluding tert-OH is 6. The second-order valence-corrected chi connectivity index (χ2v) is 5.80. The van der Waals surface area contributed by atoms with Gasteiger partial charge in [-0.25, -0.2) is 4.89 Å². The van der Waals surface area contributed by atoms with Gasteiger partial charge in [0, 0.05) is 0 Å². The van der Waals surface area contributed by atoms with Gasteiger partial charge < -0.3 is 55.1 Å². The van der Waals surface area contributed by atoms with E-state index in [2.05, 4.69) is 4.89 Å². The third-order valence-electron chi connectivity index (χ3n) is 4.19. The Hall–Kier alpha value is -0.520. The first kappa shape index (κ1) is 20.8. The summed E-state index contributed by atoms with van der Waals surface area (Å²) in [7, 11) is 0. The van der Waals surface area contributed by atoms with Crippen LogP contribution in [0.3, 0.4) is 0 Å². The Kier molecular flexibility index (Phi) is 6.66. The fourth-order valence-corrected chi connectivity index (χ4v) is 2.74. The molecule has 2 rings (SSSR count). The van der Waals surface area contributed by atoms with Crippen LogP contribution in [0.5, 0.6) is 0 Å². The van der Waals surface area contributed by atoms with Gasteiger partial charge in [-0.05, 0) is 0 Å². The predicted molar refractivity (Wildman–Crippen MR) is 71.3 cm³/mol. The van der Waals surface area contributed by atoms with Crippen molar-refractivity contribution in [3.63, 3.8) is 0 Å². The van der Waals surface area contributed by atoms with Gasteiger partial charge >= 0.3 is 0 Å². The molecule has 13 nitrogen and oxygen atoms in total. The Balaban J connectivity index is 2.19. The lowest BCUT2D eigenvalue weighted by Crippen LogP contribution is -2.69. The van der Waals surface area contributed by atoms with E-state index < -0.39 is 74.3 Å². The van der Waals surface area contributed by atoms with Crippen molar-refractivity contribution in [2.45, 2.75) is 61.1 Å². The lowest BCUT2D eigenvalue weighted by molar-refractivity contribution is -0.449. The molecule has 2 saturated heterocycles. The summed E-state index contributed by atoms with van der Waals surface area (Å²) in [5, 5.41) is 85.9. The predicted octanol–water partition coefficient (Wildman–Crippen LogP) is -5.58. The van der Waals surface area contributed by atoms with Crippen molar-refractivity contribution < 1.29 is 65.2 Å². The zero-order chi connectivity index (χ0) is 18.9. The van der Waals surface area contributed by atoms with E-state index in [9.17, 15) is 40.9 Å². The van der Waals surface area contributed by atoms with Crippen molar-refractivity contribution in [2.24, 2.45) is 0 Å². The molecule has 9 N–H and O–H groups in total. The molecule has 0 aromatic rings. The van der Waals surface area contributed by atoms with Gasteiger partial charge in [-0.15, -0.1) is 0 Å². The Morgan fingerprint density at radius 1 is 0.880 bits per heavy atom. The van der Waals surface area contributed by atoms with Crippen molar-refractivity contribution in [1.82, 2.24) is 0 Å². The van der Waals surface area contributed by atoms with Crippen LogP contribution in [0, 0.1) is 0 Å². The highest BCUT2D eigenvalue weighted by atomic mass is 17.1. The van der Waals surface area contributed by atoms with E-state index in [4.69, 9.17) is 19.5 Å². The zero-order valence-corrected chi connectivity index (χ0v) is 12.8. The SMILES string of the molecule is OC[C@H]1O[C@@H](O)[C@H](O)[C@@H](O)[C@@H]1O[C@@H]1O[C@H](CO)C(O)(O)[C@H](OO)[C@H]1O. The molecule has 0 saturated carbocycles. The van der Waals surface area contributed by atoms with Crippen LogP contribution in [0.4, 0.5) is 0 Å². The molecule has 0 aromatic heterocycles. The number of rotatable bonds is 5. The second kappa shape index (κ2) is 8.01. The maximum absolute atomic E-state index is 10.0. The van der Waals surface area contributed by atoms with E-state index in [-0.39, 0.29) is 0 Å². The molecule has 9 atom stereocenters. The summed E-state index contributed by atoms with van der Waals surface area (Å²) in [5.41, 5.74) is 0. The van der Waals surface area contributed by atoms with Crippen molar-refractivity contribution >= 4 is 0 Å². The van der Waals surface area contributed by atoms with Crippen LogP contribution in [0.25, 0.3) is 0 Å². The zero-order valence-electron chi connectivity index (χ0n) is 12.8. The van der Waals surface area contributed by atoms with Gasteiger partial charge in [-0.2, -0.15) is 0 Å². The molecule has 0 spiro atoms. The summed E-state index contributed by atoms with van der Waals surface area (Å²) in [6.07, 6.45) is -15.9. The minimum Gasteiger partial charge on any atom is -0.394 e. The van der Waals surface area contributed by atoms with Gasteiger partial charge in [0.1, 0.15) is 36.6 Å². The summed E-state index contributed by atoms with van der Waals surface area (Å²) >= 11 is 0. The van der Waals surface area contributed by atoms with Crippen LogP contribution in [-0.2, 0) is 19.1 Å². The highest BCUT2D eigenvalue weighted by molar-refractivity contribution is 4.97. The molecule has 2 heterocycles. The molecule has 0 aliphatic carbocycles. The smallest absolute Gasteiger partial charge is 0.225 e. The highest BCUT2D eigenvalue weighted by Crippen LogP contribution is 2.33. The van der Waals surface area contributed by atoms with E-state index >= 15 is 0 Å². The average molecular weight is 374 g/mol. The summed E-state index contributed by atoms with van der Waals surface area (Å²) in [6, 6.07) is 0. The fraction of sp³-hybridized carbons (Fsp3) is 1.00. The van der Waals surface area contributed by atoms with Crippen LogP contribution in [0.1, 0.15) is 0 Å². The van der Waals surface area contributed by atoms with Gasteiger partial charge in [0.05, 0.1) is 13.2 Å². The first-order chi connectivity index (χ1) is 11.7. The molecule has 148 valence electrons. The van der Waals surface area contributed by atoms with Gasteiger partial charge in [0.15, 0.2) is 18.7 Å². The minimum absolute atomic E-state index is 0.748. The summed E-state index contributed by atoms with van der Waals surface area (Å²) in [6.45, 7) is -1.71. The molecule has 2 fully saturated rings. The van der Waals surface area contributed by atoms with Crippen molar-refractivity contribution in [1.29, 1.82) is 0 Å². The molecule has 0 unspecified atom stereocenters. The fourth-order valence-electron chi connectivity index (χ4n) is 2.74. The van der Waals surface area contributed by atoms with Crippen LogP contribution in [0.15, 0.2) is 0 Å². The molecular weight excluding hydrogens is 352 g/mol. The van der Waals surface area contributed by atoms with Crippen LogP contribution in [-0.4, -0.2) is 120 Å². The normalized spacial score (nSPS) is 47.6. The third-order valence-corrected chi connectivity index (χ3v) is 4.19. The average Bonchev–Trinajstić information content (AvgIpc) is 2.57. The molecule has 13 heteroatoms. The Morgan fingerprint density at radius 3 is 2.04 bits per heavy atom. The van der Waals surface area contributed by atoms with E-state index in [0.717, 1.165) is 0 Å². The maximum atomic E-state index is 10.0.